The summed E-state index contributed by atoms with van der Waals surface area (Å²) in [6, 6.07) is 2.37. The van der Waals surface area contributed by atoms with Gasteiger partial charge in [0.05, 0.1) is 0 Å². The molecular formula is C13H23N3. The second-order valence-electron chi connectivity index (χ2n) is 5.34. The summed E-state index contributed by atoms with van der Waals surface area (Å²) >= 11 is 0. The summed E-state index contributed by atoms with van der Waals surface area (Å²) in [5.74, 6) is 0.631. The molecule has 90 valence electrons. The fraction of sp³-hybridized carbons (Fsp3) is 0.615. The molecule has 3 heteroatoms. The van der Waals surface area contributed by atoms with Gasteiger partial charge < -0.3 is 11.1 Å². The van der Waals surface area contributed by atoms with Crippen LogP contribution in [0.15, 0.2) is 12.3 Å². The average molecular weight is 221 g/mol. The summed E-state index contributed by atoms with van der Waals surface area (Å²) < 4.78 is 0. The number of aryl methyl sites for hydroxylation is 1. The van der Waals surface area contributed by atoms with E-state index in [4.69, 9.17) is 5.73 Å². The van der Waals surface area contributed by atoms with Crippen LogP contribution in [0.1, 0.15) is 44.9 Å². The van der Waals surface area contributed by atoms with Crippen molar-refractivity contribution in [2.45, 2.75) is 40.7 Å². The maximum absolute atomic E-state index is 5.97. The molecule has 0 saturated carbocycles. The van der Waals surface area contributed by atoms with Gasteiger partial charge in [-0.15, -0.1) is 0 Å². The van der Waals surface area contributed by atoms with E-state index in [2.05, 4.69) is 44.1 Å². The molecule has 0 aliphatic carbocycles. The Balaban J connectivity index is 3.15. The minimum Gasteiger partial charge on any atom is -0.383 e. The van der Waals surface area contributed by atoms with E-state index >= 15 is 0 Å². The fourth-order valence-electron chi connectivity index (χ4n) is 1.92. The van der Waals surface area contributed by atoms with Crippen molar-refractivity contribution in [2.75, 3.05) is 12.3 Å². The van der Waals surface area contributed by atoms with Gasteiger partial charge in [0, 0.05) is 17.8 Å². The van der Waals surface area contributed by atoms with Crippen LogP contribution in [-0.2, 0) is 0 Å². The van der Waals surface area contributed by atoms with E-state index in [0.29, 0.717) is 5.82 Å². The van der Waals surface area contributed by atoms with Crippen LogP contribution in [0.3, 0.4) is 0 Å². The second kappa shape index (κ2) is 4.83. The van der Waals surface area contributed by atoms with Gasteiger partial charge >= 0.3 is 0 Å². The molecule has 0 bridgehead atoms. The number of hydrogen-bond donors (Lipinski definition) is 2. The van der Waals surface area contributed by atoms with Gasteiger partial charge in [0.1, 0.15) is 5.82 Å². The van der Waals surface area contributed by atoms with Gasteiger partial charge in [0.25, 0.3) is 0 Å². The van der Waals surface area contributed by atoms with Gasteiger partial charge in [0.2, 0.25) is 0 Å². The number of pyridine rings is 1. The van der Waals surface area contributed by atoms with Crippen LogP contribution in [0.4, 0.5) is 5.82 Å². The molecule has 0 aliphatic rings. The lowest BCUT2D eigenvalue weighted by atomic mass is 9.82. The summed E-state index contributed by atoms with van der Waals surface area (Å²) in [6.07, 6.45) is 1.81. The maximum atomic E-state index is 5.97. The van der Waals surface area contributed by atoms with Crippen LogP contribution in [0.25, 0.3) is 0 Å². The molecule has 1 rings (SSSR count). The van der Waals surface area contributed by atoms with Gasteiger partial charge in [-0.3, -0.25) is 0 Å². The van der Waals surface area contributed by atoms with Gasteiger partial charge in [-0.25, -0.2) is 4.98 Å². The van der Waals surface area contributed by atoms with E-state index in [9.17, 15) is 0 Å². The number of nitrogen functional groups attached to an aromatic ring is 1. The van der Waals surface area contributed by atoms with Crippen molar-refractivity contribution < 1.29 is 0 Å². The molecule has 0 spiro atoms. The van der Waals surface area contributed by atoms with Gasteiger partial charge in [-0.05, 0) is 30.5 Å². The molecule has 16 heavy (non-hydrogen) atoms. The highest BCUT2D eigenvalue weighted by Gasteiger charge is 2.27. The van der Waals surface area contributed by atoms with Crippen LogP contribution in [0, 0.1) is 12.3 Å². The van der Waals surface area contributed by atoms with Crippen molar-refractivity contribution in [3.05, 3.63) is 23.4 Å². The van der Waals surface area contributed by atoms with E-state index in [1.54, 1.807) is 0 Å². The summed E-state index contributed by atoms with van der Waals surface area (Å²) in [5.41, 5.74) is 8.35. The summed E-state index contributed by atoms with van der Waals surface area (Å²) in [7, 11) is 0. The number of aromatic nitrogens is 1. The normalized spacial score (nSPS) is 13.8. The van der Waals surface area contributed by atoms with Gasteiger partial charge in [0.15, 0.2) is 0 Å². The summed E-state index contributed by atoms with van der Waals surface area (Å²) in [6.45, 7) is 11.7. The van der Waals surface area contributed by atoms with Crippen LogP contribution < -0.4 is 11.1 Å². The molecule has 0 aliphatic heterocycles. The third kappa shape index (κ3) is 2.95. The Morgan fingerprint density at radius 3 is 2.56 bits per heavy atom. The highest BCUT2D eigenvalue weighted by molar-refractivity contribution is 5.43. The van der Waals surface area contributed by atoms with E-state index in [-0.39, 0.29) is 11.5 Å². The lowest BCUT2D eigenvalue weighted by Gasteiger charge is -2.32. The van der Waals surface area contributed by atoms with Crippen LogP contribution in [-0.4, -0.2) is 11.5 Å². The molecule has 3 nitrogen and oxygen atoms in total. The van der Waals surface area contributed by atoms with Crippen molar-refractivity contribution in [2.24, 2.45) is 5.41 Å². The zero-order chi connectivity index (χ0) is 12.3. The third-order valence-electron chi connectivity index (χ3n) is 2.67. The Morgan fingerprint density at radius 2 is 2.06 bits per heavy atom. The average Bonchev–Trinajstić information content (AvgIpc) is 2.17. The third-order valence-corrected chi connectivity index (χ3v) is 2.67. The first-order valence-corrected chi connectivity index (χ1v) is 5.81. The van der Waals surface area contributed by atoms with Crippen LogP contribution in [0.2, 0.25) is 0 Å². The monoisotopic (exact) mass is 221 g/mol. The molecule has 0 radical (unpaired) electrons. The molecule has 3 N–H and O–H groups in total. The van der Waals surface area contributed by atoms with E-state index < -0.39 is 0 Å². The largest absolute Gasteiger partial charge is 0.383 e. The molecule has 0 fully saturated rings. The highest BCUT2D eigenvalue weighted by Crippen LogP contribution is 2.35. The number of nitrogens with two attached hydrogens (primary N) is 1. The smallest absolute Gasteiger partial charge is 0.128 e. The zero-order valence-electron chi connectivity index (χ0n) is 11.0. The predicted octanol–water partition coefficient (Wildman–Crippen LogP) is 2.67. The lowest BCUT2D eigenvalue weighted by Crippen LogP contribution is -2.33. The molecular weight excluding hydrogens is 198 g/mol. The Bertz CT molecular complexity index is 353. The Hall–Kier alpha value is -1.09. The standard InChI is InChI=1S/C13H23N3/c1-6-15-11(13(3,4)5)10-7-9(2)8-16-12(10)14/h7-8,11,15H,6H2,1-5H3,(H2,14,16). The number of nitrogens with zero attached hydrogens (tertiary/aromatic N) is 1. The molecule has 1 heterocycles. The van der Waals surface area contributed by atoms with Gasteiger partial charge in [-0.1, -0.05) is 27.7 Å². The zero-order valence-corrected chi connectivity index (χ0v) is 11.0. The molecule has 0 saturated heterocycles. The maximum Gasteiger partial charge on any atom is 0.128 e. The summed E-state index contributed by atoms with van der Waals surface area (Å²) in [4.78, 5) is 4.23. The SMILES string of the molecule is CCNC(c1cc(C)cnc1N)C(C)(C)C. The molecule has 1 aromatic rings. The van der Waals surface area contributed by atoms with Crippen LogP contribution in [0.5, 0.6) is 0 Å². The Labute approximate surface area is 98.5 Å². The highest BCUT2D eigenvalue weighted by atomic mass is 14.9. The van der Waals surface area contributed by atoms with Crippen molar-refractivity contribution in [1.82, 2.24) is 10.3 Å². The second-order valence-corrected chi connectivity index (χ2v) is 5.34. The lowest BCUT2D eigenvalue weighted by molar-refractivity contribution is 0.277. The molecule has 1 aromatic heterocycles. The fourth-order valence-corrected chi connectivity index (χ4v) is 1.92. The van der Waals surface area contributed by atoms with Crippen molar-refractivity contribution in [3.8, 4) is 0 Å². The number of rotatable bonds is 3. The number of nitrogens with one attached hydrogen (secondary N) is 1. The minimum absolute atomic E-state index is 0.125. The van der Waals surface area contributed by atoms with Crippen molar-refractivity contribution in [3.63, 3.8) is 0 Å². The van der Waals surface area contributed by atoms with Crippen LogP contribution >= 0.6 is 0 Å². The molecule has 1 atom stereocenters. The van der Waals surface area contributed by atoms with E-state index in [0.717, 1.165) is 17.7 Å². The number of anilines is 1. The predicted molar refractivity (Wildman–Crippen MR) is 69.3 cm³/mol. The first-order valence-electron chi connectivity index (χ1n) is 5.81. The van der Waals surface area contributed by atoms with E-state index in [1.807, 2.05) is 13.1 Å². The topological polar surface area (TPSA) is 50.9 Å². The Kier molecular flexibility index (Phi) is 3.92. The molecule has 0 amide bonds. The first-order chi connectivity index (χ1) is 7.36. The van der Waals surface area contributed by atoms with Crippen molar-refractivity contribution >= 4 is 5.82 Å². The molecule has 1 unspecified atom stereocenters. The first kappa shape index (κ1) is 13.0. The quantitative estimate of drug-likeness (QED) is 0.825. The van der Waals surface area contributed by atoms with Gasteiger partial charge in [-0.2, -0.15) is 0 Å². The Morgan fingerprint density at radius 1 is 1.44 bits per heavy atom. The molecule has 0 aromatic carbocycles. The van der Waals surface area contributed by atoms with Crippen molar-refractivity contribution in [1.29, 1.82) is 0 Å². The van der Waals surface area contributed by atoms with E-state index in [1.165, 1.54) is 0 Å². The summed E-state index contributed by atoms with van der Waals surface area (Å²) in [5, 5.41) is 3.49. The minimum atomic E-state index is 0.125. The number of hydrogen-bond acceptors (Lipinski definition) is 3.